The van der Waals surface area contributed by atoms with Crippen LogP contribution in [0.4, 0.5) is 4.39 Å². The molecule has 0 bridgehead atoms. The Hall–Kier alpha value is -2.03. The number of rotatable bonds is 8. The highest BCUT2D eigenvalue weighted by Crippen LogP contribution is 2.26. The lowest BCUT2D eigenvalue weighted by atomic mass is 10.1. The first kappa shape index (κ1) is 23.0. The van der Waals surface area contributed by atoms with Gasteiger partial charge in [-0.1, -0.05) is 24.3 Å². The summed E-state index contributed by atoms with van der Waals surface area (Å²) in [7, 11) is 3.33. The number of aliphatic imine (C=N–C) groups is 1. The highest BCUT2D eigenvalue weighted by molar-refractivity contribution is 14.0. The molecule has 0 spiro atoms. The molecule has 2 aromatic carbocycles. The highest BCUT2D eigenvalue weighted by Gasteiger charge is 2.09. The zero-order chi connectivity index (χ0) is 18.8. The number of hydrogen-bond donors (Lipinski definition) is 2. The van der Waals surface area contributed by atoms with Crippen LogP contribution < -0.4 is 20.1 Å². The van der Waals surface area contributed by atoms with E-state index in [1.165, 1.54) is 6.07 Å². The minimum absolute atomic E-state index is 0. The van der Waals surface area contributed by atoms with Crippen molar-refractivity contribution in [2.24, 2.45) is 4.99 Å². The Kier molecular flexibility index (Phi) is 10.5. The van der Waals surface area contributed by atoms with Gasteiger partial charge in [-0.05, 0) is 43.2 Å². The minimum Gasteiger partial charge on any atom is -0.493 e. The van der Waals surface area contributed by atoms with E-state index in [4.69, 9.17) is 9.47 Å². The Bertz CT molecular complexity index is 728. The van der Waals surface area contributed by atoms with E-state index in [1.807, 2.05) is 37.3 Å². The van der Waals surface area contributed by atoms with Gasteiger partial charge in [-0.3, -0.25) is 4.99 Å². The van der Waals surface area contributed by atoms with E-state index in [2.05, 4.69) is 15.6 Å². The largest absolute Gasteiger partial charge is 0.493 e. The second-order valence-corrected chi connectivity index (χ2v) is 5.84. The van der Waals surface area contributed by atoms with Crippen LogP contribution in [0.25, 0.3) is 0 Å². The average Bonchev–Trinajstić information content (AvgIpc) is 2.65. The lowest BCUT2D eigenvalue weighted by molar-refractivity contribution is 0.213. The fourth-order valence-corrected chi connectivity index (χ4v) is 2.45. The standard InChI is InChI=1S/C20H26FN3O2.HI/c1-15(26-19-10-5-4-9-18(19)25-3)14-24-20(22-2)23-12-11-16-7-6-8-17(21)13-16;/h4-10,13,15H,11-12,14H2,1-3H3,(H2,22,23,24);1H. The Morgan fingerprint density at radius 2 is 1.85 bits per heavy atom. The van der Waals surface area contributed by atoms with Crippen LogP contribution in [0.2, 0.25) is 0 Å². The van der Waals surface area contributed by atoms with Gasteiger partial charge in [0.1, 0.15) is 11.9 Å². The van der Waals surface area contributed by atoms with Gasteiger partial charge >= 0.3 is 0 Å². The van der Waals surface area contributed by atoms with E-state index in [1.54, 1.807) is 26.3 Å². The lowest BCUT2D eigenvalue weighted by Gasteiger charge is -2.19. The Morgan fingerprint density at radius 3 is 2.52 bits per heavy atom. The molecule has 0 aliphatic heterocycles. The molecule has 0 aliphatic rings. The quantitative estimate of drug-likeness (QED) is 0.340. The van der Waals surface area contributed by atoms with Gasteiger partial charge in [0.05, 0.1) is 13.7 Å². The molecule has 2 N–H and O–H groups in total. The zero-order valence-electron chi connectivity index (χ0n) is 15.9. The molecule has 148 valence electrons. The second-order valence-electron chi connectivity index (χ2n) is 5.84. The summed E-state index contributed by atoms with van der Waals surface area (Å²) in [6.07, 6.45) is 0.638. The second kappa shape index (κ2) is 12.4. The van der Waals surface area contributed by atoms with E-state index in [0.717, 1.165) is 5.56 Å². The molecule has 7 heteroatoms. The van der Waals surface area contributed by atoms with Crippen LogP contribution in [0.1, 0.15) is 12.5 Å². The molecule has 1 atom stereocenters. The van der Waals surface area contributed by atoms with Crippen molar-refractivity contribution in [2.45, 2.75) is 19.4 Å². The van der Waals surface area contributed by atoms with Gasteiger partial charge in [-0.25, -0.2) is 4.39 Å². The Balaban J connectivity index is 0.00000364. The monoisotopic (exact) mass is 487 g/mol. The molecule has 27 heavy (non-hydrogen) atoms. The predicted molar refractivity (Wildman–Crippen MR) is 118 cm³/mol. The summed E-state index contributed by atoms with van der Waals surface area (Å²) in [5.74, 6) is 1.87. The average molecular weight is 487 g/mol. The fraction of sp³-hybridized carbons (Fsp3) is 0.350. The van der Waals surface area contributed by atoms with Crippen LogP contribution in [-0.4, -0.2) is 39.3 Å². The van der Waals surface area contributed by atoms with Crippen LogP contribution in [0.3, 0.4) is 0 Å². The number of nitrogens with zero attached hydrogens (tertiary/aromatic N) is 1. The van der Waals surface area contributed by atoms with Crippen molar-refractivity contribution >= 4 is 29.9 Å². The summed E-state index contributed by atoms with van der Waals surface area (Å²) in [4.78, 5) is 4.19. The summed E-state index contributed by atoms with van der Waals surface area (Å²) < 4.78 is 24.4. The van der Waals surface area contributed by atoms with Gasteiger partial charge in [-0.15, -0.1) is 24.0 Å². The number of guanidine groups is 1. The van der Waals surface area contributed by atoms with E-state index >= 15 is 0 Å². The zero-order valence-corrected chi connectivity index (χ0v) is 18.2. The van der Waals surface area contributed by atoms with Crippen molar-refractivity contribution < 1.29 is 13.9 Å². The molecule has 0 aliphatic carbocycles. The third kappa shape index (κ3) is 8.03. The van der Waals surface area contributed by atoms with Crippen LogP contribution in [0.15, 0.2) is 53.5 Å². The molecule has 0 amide bonds. The topological polar surface area (TPSA) is 54.9 Å². The molecule has 5 nitrogen and oxygen atoms in total. The molecule has 0 saturated heterocycles. The molecular weight excluding hydrogens is 460 g/mol. The van der Waals surface area contributed by atoms with Crippen LogP contribution >= 0.6 is 24.0 Å². The first-order valence-electron chi connectivity index (χ1n) is 8.61. The Morgan fingerprint density at radius 1 is 1.11 bits per heavy atom. The summed E-state index contributed by atoms with van der Waals surface area (Å²) >= 11 is 0. The summed E-state index contributed by atoms with van der Waals surface area (Å²) in [6.45, 7) is 3.21. The first-order chi connectivity index (χ1) is 12.6. The van der Waals surface area contributed by atoms with E-state index in [9.17, 15) is 4.39 Å². The predicted octanol–water partition coefficient (Wildman–Crippen LogP) is 3.63. The van der Waals surface area contributed by atoms with Gasteiger partial charge in [0.2, 0.25) is 0 Å². The number of ether oxygens (including phenoxy) is 2. The van der Waals surface area contributed by atoms with E-state index in [0.29, 0.717) is 37.0 Å². The van der Waals surface area contributed by atoms with Crippen LogP contribution in [0, 0.1) is 5.82 Å². The highest BCUT2D eigenvalue weighted by atomic mass is 127. The number of nitrogens with one attached hydrogen (secondary N) is 2. The van der Waals surface area contributed by atoms with Gasteiger partial charge in [0.15, 0.2) is 17.5 Å². The van der Waals surface area contributed by atoms with Crippen molar-refractivity contribution in [3.05, 3.63) is 59.9 Å². The number of halogens is 2. The summed E-state index contributed by atoms with van der Waals surface area (Å²) in [5, 5.41) is 6.44. The van der Waals surface area contributed by atoms with Crippen molar-refractivity contribution in [2.75, 3.05) is 27.2 Å². The maximum Gasteiger partial charge on any atom is 0.191 e. The molecule has 1 unspecified atom stereocenters. The van der Waals surface area contributed by atoms with E-state index < -0.39 is 0 Å². The maximum atomic E-state index is 13.2. The molecule has 0 radical (unpaired) electrons. The van der Waals surface area contributed by atoms with Crippen molar-refractivity contribution in [3.8, 4) is 11.5 Å². The van der Waals surface area contributed by atoms with Gasteiger partial charge in [0.25, 0.3) is 0 Å². The first-order valence-corrected chi connectivity index (χ1v) is 8.61. The summed E-state index contributed by atoms with van der Waals surface area (Å²) in [5.41, 5.74) is 0.945. The van der Waals surface area contributed by atoms with Gasteiger partial charge < -0.3 is 20.1 Å². The molecular formula is C20H27FIN3O2. The number of methoxy groups -OCH3 is 1. The van der Waals surface area contributed by atoms with Crippen molar-refractivity contribution in [3.63, 3.8) is 0 Å². The molecule has 2 aromatic rings. The molecule has 2 rings (SSSR count). The number of hydrogen-bond acceptors (Lipinski definition) is 3. The third-order valence-corrected chi connectivity index (χ3v) is 3.77. The van der Waals surface area contributed by atoms with Crippen molar-refractivity contribution in [1.82, 2.24) is 10.6 Å². The number of benzene rings is 2. The van der Waals surface area contributed by atoms with Crippen LogP contribution in [-0.2, 0) is 6.42 Å². The fourth-order valence-electron chi connectivity index (χ4n) is 2.45. The third-order valence-electron chi connectivity index (χ3n) is 3.77. The molecule has 0 aromatic heterocycles. The smallest absolute Gasteiger partial charge is 0.191 e. The lowest BCUT2D eigenvalue weighted by Crippen LogP contribution is -2.42. The number of para-hydroxylation sites is 2. The molecule has 0 fully saturated rings. The van der Waals surface area contributed by atoms with Gasteiger partial charge in [-0.2, -0.15) is 0 Å². The molecule has 0 saturated carbocycles. The summed E-state index contributed by atoms with van der Waals surface area (Å²) in [6, 6.07) is 14.2. The minimum atomic E-state index is -0.215. The maximum absolute atomic E-state index is 13.2. The van der Waals surface area contributed by atoms with Crippen molar-refractivity contribution in [1.29, 1.82) is 0 Å². The van der Waals surface area contributed by atoms with Gasteiger partial charge in [0, 0.05) is 13.6 Å². The van der Waals surface area contributed by atoms with Crippen LogP contribution in [0.5, 0.6) is 11.5 Å². The molecule has 0 heterocycles. The van der Waals surface area contributed by atoms with E-state index in [-0.39, 0.29) is 35.9 Å². The normalized spacial score (nSPS) is 11.9. The SMILES string of the molecule is CN=C(NCCc1cccc(F)c1)NCC(C)Oc1ccccc1OC.I. The Labute approximate surface area is 177 Å².